The van der Waals surface area contributed by atoms with Gasteiger partial charge in [-0.15, -0.1) is 0 Å². The lowest BCUT2D eigenvalue weighted by atomic mass is 9.96. The molecule has 2 fully saturated rings. The topological polar surface area (TPSA) is 714 Å². The zero-order chi connectivity index (χ0) is 107. The molecule has 1 unspecified atom stereocenters. The van der Waals surface area contributed by atoms with Gasteiger partial charge in [-0.1, -0.05) is 71.9 Å². The van der Waals surface area contributed by atoms with Crippen LogP contribution < -0.4 is 113 Å². The number of nitrogens with two attached hydrogens (primary N) is 3. The summed E-state index contributed by atoms with van der Waals surface area (Å²) in [5.74, 6) is -20.5. The van der Waals surface area contributed by atoms with E-state index in [4.69, 9.17) is 17.2 Å². The number of hydrogen-bond donors (Lipinski definition) is 22. The highest BCUT2D eigenvalue weighted by Crippen LogP contribution is 2.26. The molecule has 3 rings (SSSR count). The van der Waals surface area contributed by atoms with Gasteiger partial charge in [-0.2, -0.15) is 0 Å². The normalized spacial score (nSPS) is 16.1. The lowest BCUT2D eigenvalue weighted by molar-refractivity contribution is -0.146. The second kappa shape index (κ2) is 51.8. The molecule has 2 aliphatic rings. The van der Waals surface area contributed by atoms with Crippen molar-refractivity contribution in [1.82, 2.24) is 106 Å². The summed E-state index contributed by atoms with van der Waals surface area (Å²) in [5.41, 5.74) is 2.79. The number of carbonyl (C=O) groups excluding carboxylic acids is 23. The maximum Gasteiger partial charge on any atom is 0.248 e. The van der Waals surface area contributed by atoms with Crippen LogP contribution >= 0.6 is 0 Å². The van der Waals surface area contributed by atoms with Crippen molar-refractivity contribution in [2.75, 3.05) is 26.2 Å². The van der Waals surface area contributed by atoms with E-state index in [9.17, 15) is 115 Å². The van der Waals surface area contributed by atoms with Crippen molar-refractivity contribution in [3.05, 3.63) is 35.9 Å². The average molecular weight is 1980 g/mol. The Morgan fingerprint density at radius 3 is 1.12 bits per heavy atom. The zero-order valence-corrected chi connectivity index (χ0v) is 85.5. The van der Waals surface area contributed by atoms with Gasteiger partial charge in [0.25, 0.3) is 0 Å². The molecule has 140 heavy (non-hydrogen) atoms. The van der Waals surface area contributed by atoms with Gasteiger partial charge < -0.3 is 128 Å². The molecule has 0 saturated carbocycles. The fourth-order valence-corrected chi connectivity index (χ4v) is 15.0. The van der Waals surface area contributed by atoms with Crippen molar-refractivity contribution in [3.63, 3.8) is 0 Å². The quantitative estimate of drug-likeness (QED) is 0.0292. The average Bonchev–Trinajstić information content (AvgIpc) is 1.64. The number of amides is 23. The third-order valence-electron chi connectivity index (χ3n) is 23.3. The van der Waals surface area contributed by atoms with Gasteiger partial charge in [-0.3, -0.25) is 110 Å². The Balaban J connectivity index is 1.67. The second-order valence-corrected chi connectivity index (χ2v) is 41.3. The lowest BCUT2D eigenvalue weighted by Crippen LogP contribution is -2.66. The van der Waals surface area contributed by atoms with Gasteiger partial charge >= 0.3 is 0 Å². The van der Waals surface area contributed by atoms with Crippen molar-refractivity contribution >= 4 is 136 Å². The minimum Gasteiger partial charge on any atom is -0.394 e. The Labute approximate surface area is 817 Å². The van der Waals surface area contributed by atoms with E-state index in [1.807, 2.05) is 0 Å². The van der Waals surface area contributed by atoms with E-state index in [-0.39, 0.29) is 69.9 Å². The largest absolute Gasteiger partial charge is 0.394 e. The Bertz CT molecular complexity index is 4720. The van der Waals surface area contributed by atoms with Crippen LogP contribution in [0.25, 0.3) is 0 Å². The summed E-state index contributed by atoms with van der Waals surface area (Å²) in [6, 6.07) is -5.35. The van der Waals surface area contributed by atoms with E-state index in [0.29, 0.717) is 12.8 Å². The molecule has 0 aliphatic carbocycles. The number of primary amides is 3. The Morgan fingerprint density at radius 2 is 0.707 bits per heavy atom. The van der Waals surface area contributed by atoms with Crippen molar-refractivity contribution < 1.29 is 115 Å². The minimum absolute atomic E-state index is 0.00735. The van der Waals surface area contributed by atoms with E-state index >= 15 is 0 Å². The summed E-state index contributed by atoms with van der Waals surface area (Å²) in [6.45, 7) is 34.3. The summed E-state index contributed by atoms with van der Waals surface area (Å²) in [6.07, 6.45) is -1.07. The smallest absolute Gasteiger partial charge is 0.248 e. The molecule has 47 nitrogen and oxygen atoms in total. The van der Waals surface area contributed by atoms with Crippen LogP contribution in [0, 0.1) is 17.8 Å². The molecule has 11 atom stereocenters. The summed E-state index contributed by atoms with van der Waals surface area (Å²) in [7, 11) is 0. The van der Waals surface area contributed by atoms with Gasteiger partial charge in [0.2, 0.25) is 136 Å². The van der Waals surface area contributed by atoms with Gasteiger partial charge in [0.1, 0.15) is 105 Å². The summed E-state index contributed by atoms with van der Waals surface area (Å²) in [5, 5.41) is 56.2. The molecule has 0 spiro atoms. The van der Waals surface area contributed by atoms with Crippen LogP contribution in [-0.2, 0) is 117 Å². The molecule has 1 aromatic rings. The number of hydrogen-bond acceptors (Lipinski definition) is 24. The highest BCUT2D eigenvalue weighted by molar-refractivity contribution is 6.05. The zero-order valence-electron chi connectivity index (χ0n) is 85.5. The van der Waals surface area contributed by atoms with Crippen LogP contribution in [0.1, 0.15) is 256 Å². The van der Waals surface area contributed by atoms with E-state index in [0.717, 1.165) is 5.56 Å². The number of nitrogens with zero attached hydrogens (tertiary/aromatic N) is 2. The van der Waals surface area contributed by atoms with Gasteiger partial charge in [0, 0.05) is 39.3 Å². The fraction of sp³-hybridized carbons (Fsp3) is 0.688. The number of nitrogens with one attached hydrogen (secondary N) is 18. The molecule has 784 valence electrons. The molecule has 0 aromatic heterocycles. The molecule has 47 heteroatoms. The molecule has 0 radical (unpaired) electrons. The van der Waals surface area contributed by atoms with E-state index in [2.05, 4.69) is 95.7 Å². The first-order valence-corrected chi connectivity index (χ1v) is 46.9. The van der Waals surface area contributed by atoms with Gasteiger partial charge in [0.05, 0.1) is 19.2 Å². The molecule has 25 N–H and O–H groups in total. The predicted octanol–water partition coefficient (Wildman–Crippen LogP) is -4.55. The first-order valence-electron chi connectivity index (χ1n) is 46.9. The van der Waals surface area contributed by atoms with Crippen LogP contribution in [0.15, 0.2) is 30.3 Å². The van der Waals surface area contributed by atoms with Crippen molar-refractivity contribution in [2.24, 2.45) is 35.0 Å². The van der Waals surface area contributed by atoms with Crippen LogP contribution in [0.4, 0.5) is 0 Å². The van der Waals surface area contributed by atoms with E-state index in [1.54, 1.807) is 71.9 Å². The number of aliphatic hydroxyl groups excluding tert-OH is 1. The standard InChI is InChI=1S/C93H153N23O24/c1-48(2)43-59(73(128)111-93(24,25)85(140)116-42-30-34-62(116)76(131)106-67(50(5)6)77(132)112-91(20,21)83(138)114-88(14,15)80(135)103-57(36-39-64(95)120)71(126)102-56(35-38-63(94)119)70(125)100-55(47-117)45-54-31-27-26-28-32-54)101-66(122)46-97-78(133)86(10,11)110-74(129)60(44-49(3)4)105-79(134)87(12,13)109-72(127)58(37-40-65(96)121)104-81(136)89(16,17)113-82(137)90(18,19)108-69(124)52(8)98-68(123)51(7)99-75(130)61-33-29-41-115(61)84(139)92(22,23)107-53(9)118/h26-28,31-32,48-52,55-62,67,117H,29-30,33-47H2,1-25H3,(H2,94,119)(H2,95,120)(H2,96,121)(H,97,133)(H,98,123)(H,99,130)(H,100,125)(H,101,122)(H,102,126)(H,103,135)(H,104,136)(H,105,134)(H,106,131)(H,107,118)(H,108,124)(H,109,127)(H,110,129)(H,111,128)(H,112,132)(H,113,137)(H,114,138)/t51-,52-,55?,56-,57-,58-,59-,60-,61-,62-,67-/m0/s1. The first-order chi connectivity index (χ1) is 64.2. The SMILES string of the molecule is CC(=O)NC(C)(C)C(=O)N1CCC[C@H]1C(=O)N[C@@H](C)C(=O)N[C@@H](C)C(=O)NC(C)(C)C(=O)NC(C)(C)C(=O)N[C@@H](CCC(N)=O)C(=O)NC(C)(C)C(=O)N[C@@H](CC(C)C)C(=O)NC(C)(C)C(=O)NCC(=O)N[C@@H](CC(C)C)C(=O)NC(C)(C)C(=O)N1CCC[C@H]1C(=O)N[C@H](C(=O)NC(C)(C)C(=O)NC(C)(C)C(=O)N[C@@H](CCC(N)=O)C(=O)N[C@@H](CCC(N)=O)C(=O)NC(CO)Cc1ccccc1)C(C)C. The third kappa shape index (κ3) is 38.0. The van der Waals surface area contributed by atoms with Crippen LogP contribution in [0.2, 0.25) is 0 Å². The molecule has 0 bridgehead atoms. The van der Waals surface area contributed by atoms with Crippen molar-refractivity contribution in [3.8, 4) is 0 Å². The van der Waals surface area contributed by atoms with E-state index < -0.39 is 291 Å². The van der Waals surface area contributed by atoms with Gasteiger partial charge in [-0.25, -0.2) is 0 Å². The molecule has 2 aliphatic heterocycles. The number of rotatable bonds is 54. The van der Waals surface area contributed by atoms with Gasteiger partial charge in [-0.05, 0) is 212 Å². The molecule has 23 amide bonds. The highest BCUT2D eigenvalue weighted by Gasteiger charge is 2.49. The Hall–Kier alpha value is -13.0. The second-order valence-electron chi connectivity index (χ2n) is 41.3. The van der Waals surface area contributed by atoms with Crippen LogP contribution in [0.3, 0.4) is 0 Å². The Kier molecular flexibility index (Phi) is 44.8. The van der Waals surface area contributed by atoms with Crippen LogP contribution in [0.5, 0.6) is 0 Å². The number of likely N-dealkylation sites (tertiary alicyclic amines) is 2. The summed E-state index contributed by atoms with van der Waals surface area (Å²) < 4.78 is 0. The molecular weight excluding hydrogens is 1820 g/mol. The molecular formula is C93H153N23O24. The molecule has 2 heterocycles. The number of carbonyl (C=O) groups is 23. The van der Waals surface area contributed by atoms with Crippen molar-refractivity contribution in [1.29, 1.82) is 0 Å². The maximum atomic E-state index is 14.6. The Morgan fingerprint density at radius 1 is 0.364 bits per heavy atom. The summed E-state index contributed by atoms with van der Waals surface area (Å²) >= 11 is 0. The third-order valence-corrected chi connectivity index (χ3v) is 23.3. The number of benzene rings is 1. The first kappa shape index (κ1) is 121. The molecule has 1 aromatic carbocycles. The van der Waals surface area contributed by atoms with E-state index in [1.165, 1.54) is 141 Å². The maximum absolute atomic E-state index is 14.6. The van der Waals surface area contributed by atoms with Crippen LogP contribution in [-0.4, -0.2) is 288 Å². The monoisotopic (exact) mass is 1980 g/mol. The fourth-order valence-electron chi connectivity index (χ4n) is 15.0. The van der Waals surface area contributed by atoms with Gasteiger partial charge in [0.15, 0.2) is 0 Å². The minimum atomic E-state index is -1.91. The summed E-state index contributed by atoms with van der Waals surface area (Å²) in [4.78, 5) is 316. The molecule has 2 saturated heterocycles. The highest BCUT2D eigenvalue weighted by atomic mass is 16.3. The lowest BCUT2D eigenvalue weighted by Gasteiger charge is -2.36. The van der Waals surface area contributed by atoms with Crippen molar-refractivity contribution in [2.45, 2.75) is 367 Å². The predicted molar refractivity (Wildman–Crippen MR) is 511 cm³/mol. The number of aliphatic hydroxyl groups is 1.